The zero-order chi connectivity index (χ0) is 8.10. The third-order valence-corrected chi connectivity index (χ3v) is 1.87. The van der Waals surface area contributed by atoms with Crippen molar-refractivity contribution in [3.8, 4) is 0 Å². The summed E-state index contributed by atoms with van der Waals surface area (Å²) in [5.74, 6) is -0.427. The molecule has 1 rings (SSSR count). The Morgan fingerprint density at radius 1 is 1.45 bits per heavy atom. The summed E-state index contributed by atoms with van der Waals surface area (Å²) in [5.41, 5.74) is 0. The number of carbonyl (C=O) groups is 1. The second kappa shape index (κ2) is 4.34. The maximum absolute atomic E-state index is 10.3. The molecule has 0 bridgehead atoms. The number of hydrogen-bond acceptors (Lipinski definition) is 3. The summed E-state index contributed by atoms with van der Waals surface area (Å²) >= 11 is 0. The van der Waals surface area contributed by atoms with Crippen LogP contribution in [0.1, 0.15) is 12.8 Å². The van der Waals surface area contributed by atoms with Crippen LogP contribution in [0.4, 0.5) is 0 Å². The van der Waals surface area contributed by atoms with Crippen molar-refractivity contribution in [1.29, 1.82) is 0 Å². The highest BCUT2D eigenvalue weighted by atomic mass is 16.5. The molecule has 0 spiro atoms. The van der Waals surface area contributed by atoms with Crippen molar-refractivity contribution < 1.29 is 9.53 Å². The molecule has 0 unspecified atom stereocenters. The molecule has 0 aliphatic carbocycles. The first-order valence-corrected chi connectivity index (χ1v) is 4.00. The van der Waals surface area contributed by atoms with Gasteiger partial charge in [-0.15, -0.1) is 0 Å². The molecular weight excluding hydrogens is 142 g/mol. The van der Waals surface area contributed by atoms with Gasteiger partial charge in [0.2, 0.25) is 0 Å². The van der Waals surface area contributed by atoms with Gasteiger partial charge in [-0.3, -0.25) is 9.69 Å². The Morgan fingerprint density at radius 2 is 2.09 bits per heavy atom. The lowest BCUT2D eigenvalue weighted by Gasteiger charge is -2.13. The predicted molar refractivity (Wildman–Crippen MR) is 42.0 cm³/mol. The molecule has 0 aromatic carbocycles. The van der Waals surface area contributed by atoms with Crippen LogP contribution in [0.25, 0.3) is 0 Å². The van der Waals surface area contributed by atoms with E-state index in [1.165, 1.54) is 12.8 Å². The van der Waals surface area contributed by atoms with Crippen molar-refractivity contribution in [3.05, 3.63) is 6.92 Å². The van der Waals surface area contributed by atoms with Gasteiger partial charge >= 0.3 is 5.97 Å². The number of ether oxygens (including phenoxy) is 1. The summed E-state index contributed by atoms with van der Waals surface area (Å²) in [6, 6.07) is 0. The molecular formula is C8H14NO2. The monoisotopic (exact) mass is 156 g/mol. The van der Waals surface area contributed by atoms with E-state index in [0.29, 0.717) is 6.61 Å². The quantitative estimate of drug-likeness (QED) is 0.556. The molecule has 3 nitrogen and oxygen atoms in total. The van der Waals surface area contributed by atoms with Crippen LogP contribution in [-0.2, 0) is 9.53 Å². The second-order valence-electron chi connectivity index (χ2n) is 2.77. The minimum Gasteiger partial charge on any atom is -0.464 e. The first kappa shape index (κ1) is 8.53. The molecule has 0 saturated carbocycles. The first-order valence-electron chi connectivity index (χ1n) is 4.00. The highest BCUT2D eigenvalue weighted by molar-refractivity contribution is 5.73. The van der Waals surface area contributed by atoms with E-state index in [2.05, 4.69) is 11.8 Å². The SMILES string of the molecule is [CH2]C(=O)OCCN1CCCC1. The largest absolute Gasteiger partial charge is 0.464 e. The zero-order valence-corrected chi connectivity index (χ0v) is 6.71. The van der Waals surface area contributed by atoms with Crippen molar-refractivity contribution in [2.75, 3.05) is 26.2 Å². The third kappa shape index (κ3) is 3.37. The normalized spacial score (nSPS) is 18.6. The van der Waals surface area contributed by atoms with Gasteiger partial charge in [-0.2, -0.15) is 0 Å². The molecule has 1 fully saturated rings. The molecule has 1 aliphatic heterocycles. The van der Waals surface area contributed by atoms with Crippen molar-refractivity contribution in [2.24, 2.45) is 0 Å². The highest BCUT2D eigenvalue weighted by Crippen LogP contribution is 2.05. The van der Waals surface area contributed by atoms with Crippen LogP contribution in [0, 0.1) is 6.92 Å². The average Bonchev–Trinajstić information content (AvgIpc) is 2.39. The summed E-state index contributed by atoms with van der Waals surface area (Å²) in [6.45, 7) is 6.77. The molecule has 63 valence electrons. The second-order valence-corrected chi connectivity index (χ2v) is 2.77. The van der Waals surface area contributed by atoms with E-state index in [-0.39, 0.29) is 0 Å². The van der Waals surface area contributed by atoms with E-state index in [1.807, 2.05) is 0 Å². The maximum Gasteiger partial charge on any atom is 0.306 e. The van der Waals surface area contributed by atoms with Crippen LogP contribution in [-0.4, -0.2) is 37.1 Å². The van der Waals surface area contributed by atoms with Crippen molar-refractivity contribution in [3.63, 3.8) is 0 Å². The summed E-state index contributed by atoms with van der Waals surface area (Å²) in [4.78, 5) is 12.6. The Kier molecular flexibility index (Phi) is 3.36. The van der Waals surface area contributed by atoms with E-state index in [4.69, 9.17) is 4.74 Å². The van der Waals surface area contributed by atoms with Gasteiger partial charge in [0.25, 0.3) is 0 Å². The molecule has 0 N–H and O–H groups in total. The summed E-state index contributed by atoms with van der Waals surface area (Å²) in [7, 11) is 0. The molecule has 1 radical (unpaired) electrons. The molecule has 1 aliphatic rings. The molecule has 0 atom stereocenters. The van der Waals surface area contributed by atoms with Crippen LogP contribution < -0.4 is 0 Å². The maximum atomic E-state index is 10.3. The molecule has 1 heterocycles. The summed E-state index contributed by atoms with van der Waals surface area (Å²) < 4.78 is 4.71. The highest BCUT2D eigenvalue weighted by Gasteiger charge is 2.10. The number of nitrogens with zero attached hydrogens (tertiary/aromatic N) is 1. The van der Waals surface area contributed by atoms with E-state index >= 15 is 0 Å². The van der Waals surface area contributed by atoms with E-state index < -0.39 is 5.97 Å². The molecule has 11 heavy (non-hydrogen) atoms. The Morgan fingerprint density at radius 3 is 2.64 bits per heavy atom. The van der Waals surface area contributed by atoms with Gasteiger partial charge in [0, 0.05) is 6.54 Å². The van der Waals surface area contributed by atoms with Crippen LogP contribution >= 0.6 is 0 Å². The van der Waals surface area contributed by atoms with Gasteiger partial charge in [0.1, 0.15) is 6.61 Å². The first-order chi connectivity index (χ1) is 5.29. The fourth-order valence-electron chi connectivity index (χ4n) is 1.29. The van der Waals surface area contributed by atoms with E-state index in [1.54, 1.807) is 0 Å². The topological polar surface area (TPSA) is 29.5 Å². The van der Waals surface area contributed by atoms with Gasteiger partial charge < -0.3 is 4.74 Å². The Balaban J connectivity index is 1.98. The average molecular weight is 156 g/mol. The fourth-order valence-corrected chi connectivity index (χ4v) is 1.29. The lowest BCUT2D eigenvalue weighted by atomic mass is 10.4. The van der Waals surface area contributed by atoms with Gasteiger partial charge in [-0.1, -0.05) is 0 Å². The lowest BCUT2D eigenvalue weighted by Crippen LogP contribution is -2.24. The van der Waals surface area contributed by atoms with Gasteiger partial charge in [-0.25, -0.2) is 0 Å². The number of esters is 1. The van der Waals surface area contributed by atoms with Crippen LogP contribution in [0.2, 0.25) is 0 Å². The standard InChI is InChI=1S/C8H14NO2/c1-8(10)11-7-6-9-4-2-3-5-9/h1-7H2. The molecule has 1 saturated heterocycles. The Hall–Kier alpha value is -0.570. The number of hydrogen-bond donors (Lipinski definition) is 0. The minimum atomic E-state index is -0.427. The Labute approximate surface area is 67.3 Å². The van der Waals surface area contributed by atoms with Crippen LogP contribution in [0.3, 0.4) is 0 Å². The van der Waals surface area contributed by atoms with Crippen molar-refractivity contribution in [1.82, 2.24) is 4.90 Å². The molecule has 0 aromatic heterocycles. The Bertz CT molecular complexity index is 130. The van der Waals surface area contributed by atoms with Gasteiger partial charge in [0.15, 0.2) is 0 Å². The summed E-state index contributed by atoms with van der Waals surface area (Å²) in [6.07, 6.45) is 2.55. The lowest BCUT2D eigenvalue weighted by molar-refractivity contribution is -0.138. The van der Waals surface area contributed by atoms with Crippen molar-refractivity contribution >= 4 is 5.97 Å². The van der Waals surface area contributed by atoms with E-state index in [0.717, 1.165) is 19.6 Å². The van der Waals surface area contributed by atoms with Crippen LogP contribution in [0.5, 0.6) is 0 Å². The number of rotatable bonds is 3. The van der Waals surface area contributed by atoms with Gasteiger partial charge in [0.05, 0.1) is 6.92 Å². The predicted octanol–water partition coefficient (Wildman–Crippen LogP) is 0.459. The third-order valence-electron chi connectivity index (χ3n) is 1.87. The molecule has 3 heteroatoms. The summed E-state index contributed by atoms with van der Waals surface area (Å²) in [5, 5.41) is 0. The van der Waals surface area contributed by atoms with Crippen molar-refractivity contribution in [2.45, 2.75) is 12.8 Å². The zero-order valence-electron chi connectivity index (χ0n) is 6.71. The number of carbonyl (C=O) groups excluding carboxylic acids is 1. The fraction of sp³-hybridized carbons (Fsp3) is 0.750. The smallest absolute Gasteiger partial charge is 0.306 e. The number of likely N-dealkylation sites (tertiary alicyclic amines) is 1. The molecule has 0 amide bonds. The van der Waals surface area contributed by atoms with Gasteiger partial charge in [-0.05, 0) is 25.9 Å². The minimum absolute atomic E-state index is 0.427. The van der Waals surface area contributed by atoms with Crippen LogP contribution in [0.15, 0.2) is 0 Å². The molecule has 0 aromatic rings. The van der Waals surface area contributed by atoms with E-state index in [9.17, 15) is 4.79 Å².